The van der Waals surface area contributed by atoms with Crippen LogP contribution in [-0.4, -0.2) is 55.0 Å². The number of benzene rings is 2. The van der Waals surface area contributed by atoms with E-state index in [0.717, 1.165) is 44.2 Å². The molecule has 0 radical (unpaired) electrons. The Balaban J connectivity index is 1.25. The van der Waals surface area contributed by atoms with E-state index >= 15 is 0 Å². The van der Waals surface area contributed by atoms with Crippen LogP contribution in [0.1, 0.15) is 21.9 Å². The number of piperazine rings is 1. The molecule has 2 heterocycles. The Labute approximate surface area is 165 Å². The van der Waals surface area contributed by atoms with Gasteiger partial charge in [0.05, 0.1) is 5.56 Å². The van der Waals surface area contributed by atoms with Crippen molar-refractivity contribution in [3.05, 3.63) is 65.6 Å². The average molecular weight is 378 g/mol. The molecule has 28 heavy (non-hydrogen) atoms. The third-order valence-corrected chi connectivity index (χ3v) is 5.33. The first-order valence-corrected chi connectivity index (χ1v) is 9.80. The highest BCUT2D eigenvalue weighted by Gasteiger charge is 2.24. The van der Waals surface area contributed by atoms with E-state index in [2.05, 4.69) is 29.2 Å². The van der Waals surface area contributed by atoms with Crippen LogP contribution in [0.5, 0.6) is 5.75 Å². The minimum atomic E-state index is 0.0708. The van der Waals surface area contributed by atoms with Gasteiger partial charge >= 0.3 is 0 Å². The Bertz CT molecular complexity index is 971. The number of hydrogen-bond acceptors (Lipinski definition) is 4. The van der Waals surface area contributed by atoms with Gasteiger partial charge in [-0.25, -0.2) is 0 Å². The minimum Gasteiger partial charge on any atom is -0.492 e. The van der Waals surface area contributed by atoms with Crippen LogP contribution in [0.15, 0.2) is 52.9 Å². The van der Waals surface area contributed by atoms with Crippen LogP contribution in [0, 0.1) is 13.8 Å². The molecule has 146 valence electrons. The van der Waals surface area contributed by atoms with Gasteiger partial charge in [-0.1, -0.05) is 30.3 Å². The predicted molar refractivity (Wildman–Crippen MR) is 110 cm³/mol. The van der Waals surface area contributed by atoms with Crippen molar-refractivity contribution >= 4 is 16.7 Å². The lowest BCUT2D eigenvalue weighted by Gasteiger charge is -2.34. The molecule has 0 atom stereocenters. The first-order valence-electron chi connectivity index (χ1n) is 9.80. The van der Waals surface area contributed by atoms with Gasteiger partial charge in [0.2, 0.25) is 0 Å². The Hall–Kier alpha value is -2.79. The SMILES string of the molecule is Cc1cc(C(=O)N2CCN(CCOc3ccc4ccccc4c3)CC2)c(C)o1. The lowest BCUT2D eigenvalue weighted by atomic mass is 10.1. The molecule has 1 aliphatic rings. The molecule has 2 aromatic carbocycles. The van der Waals surface area contributed by atoms with Crippen LogP contribution in [0.3, 0.4) is 0 Å². The third kappa shape index (κ3) is 4.04. The summed E-state index contributed by atoms with van der Waals surface area (Å²) < 4.78 is 11.4. The largest absolute Gasteiger partial charge is 0.492 e. The Morgan fingerprint density at radius 2 is 1.75 bits per heavy atom. The quantitative estimate of drug-likeness (QED) is 0.676. The summed E-state index contributed by atoms with van der Waals surface area (Å²) in [6, 6.07) is 16.3. The van der Waals surface area contributed by atoms with E-state index in [4.69, 9.17) is 9.15 Å². The summed E-state index contributed by atoms with van der Waals surface area (Å²) in [5.41, 5.74) is 0.686. The standard InChI is InChI=1S/C23H26N2O3/c1-17-15-22(18(2)28-17)23(26)25-11-9-24(10-12-25)13-14-27-21-8-7-19-5-3-4-6-20(19)16-21/h3-8,15-16H,9-14H2,1-2H3. The van der Waals surface area contributed by atoms with Gasteiger partial charge in [-0.2, -0.15) is 0 Å². The van der Waals surface area contributed by atoms with Crippen molar-refractivity contribution in [3.63, 3.8) is 0 Å². The van der Waals surface area contributed by atoms with Crippen molar-refractivity contribution in [2.45, 2.75) is 13.8 Å². The summed E-state index contributed by atoms with van der Waals surface area (Å²) in [5, 5.41) is 2.41. The van der Waals surface area contributed by atoms with Gasteiger partial charge in [0, 0.05) is 32.7 Å². The number of amides is 1. The van der Waals surface area contributed by atoms with E-state index in [0.29, 0.717) is 17.9 Å². The number of furan rings is 1. The van der Waals surface area contributed by atoms with Crippen molar-refractivity contribution < 1.29 is 13.9 Å². The van der Waals surface area contributed by atoms with E-state index in [9.17, 15) is 4.79 Å². The molecule has 1 aromatic heterocycles. The fourth-order valence-electron chi connectivity index (χ4n) is 3.74. The number of hydrogen-bond donors (Lipinski definition) is 0. The molecule has 1 saturated heterocycles. The van der Waals surface area contributed by atoms with E-state index in [1.165, 1.54) is 10.8 Å². The average Bonchev–Trinajstić information content (AvgIpc) is 3.06. The molecular formula is C23H26N2O3. The molecule has 0 saturated carbocycles. The van der Waals surface area contributed by atoms with Gasteiger partial charge < -0.3 is 14.1 Å². The second kappa shape index (κ2) is 8.07. The van der Waals surface area contributed by atoms with Gasteiger partial charge in [0.25, 0.3) is 5.91 Å². The number of fused-ring (bicyclic) bond motifs is 1. The summed E-state index contributed by atoms with van der Waals surface area (Å²) >= 11 is 0. The van der Waals surface area contributed by atoms with Crippen molar-refractivity contribution in [3.8, 4) is 5.75 Å². The summed E-state index contributed by atoms with van der Waals surface area (Å²) in [5.74, 6) is 2.46. The molecule has 0 bridgehead atoms. The maximum atomic E-state index is 12.7. The Morgan fingerprint density at radius 1 is 1.00 bits per heavy atom. The Kier molecular flexibility index (Phi) is 5.35. The zero-order valence-electron chi connectivity index (χ0n) is 16.5. The smallest absolute Gasteiger partial charge is 0.257 e. The van der Waals surface area contributed by atoms with Crippen LogP contribution in [0.4, 0.5) is 0 Å². The van der Waals surface area contributed by atoms with E-state index in [-0.39, 0.29) is 5.91 Å². The van der Waals surface area contributed by atoms with Crippen molar-refractivity contribution in [1.82, 2.24) is 9.80 Å². The van der Waals surface area contributed by atoms with Crippen molar-refractivity contribution in [2.75, 3.05) is 39.3 Å². The number of rotatable bonds is 5. The van der Waals surface area contributed by atoms with Crippen LogP contribution in [-0.2, 0) is 0 Å². The van der Waals surface area contributed by atoms with E-state index < -0.39 is 0 Å². The summed E-state index contributed by atoms with van der Waals surface area (Å²) in [6.07, 6.45) is 0. The molecule has 5 nitrogen and oxygen atoms in total. The molecule has 1 amide bonds. The number of aryl methyl sites for hydroxylation is 2. The monoisotopic (exact) mass is 378 g/mol. The molecule has 3 aromatic rings. The van der Waals surface area contributed by atoms with Crippen molar-refractivity contribution in [2.24, 2.45) is 0 Å². The van der Waals surface area contributed by atoms with Gasteiger partial charge in [-0.3, -0.25) is 9.69 Å². The zero-order chi connectivity index (χ0) is 19.5. The fraction of sp³-hybridized carbons (Fsp3) is 0.348. The van der Waals surface area contributed by atoms with Crippen molar-refractivity contribution in [1.29, 1.82) is 0 Å². The first kappa shape index (κ1) is 18.6. The zero-order valence-corrected chi connectivity index (χ0v) is 16.5. The second-order valence-corrected chi connectivity index (χ2v) is 7.32. The second-order valence-electron chi connectivity index (χ2n) is 7.32. The maximum Gasteiger partial charge on any atom is 0.257 e. The molecule has 0 N–H and O–H groups in total. The van der Waals surface area contributed by atoms with Gasteiger partial charge in [-0.05, 0) is 42.8 Å². The van der Waals surface area contributed by atoms with Gasteiger partial charge in [0.15, 0.2) is 0 Å². The summed E-state index contributed by atoms with van der Waals surface area (Å²) in [7, 11) is 0. The van der Waals surface area contributed by atoms with Crippen LogP contribution >= 0.6 is 0 Å². The molecule has 0 aliphatic carbocycles. The lowest BCUT2D eigenvalue weighted by molar-refractivity contribution is 0.0618. The number of carbonyl (C=O) groups is 1. The molecule has 1 fully saturated rings. The van der Waals surface area contributed by atoms with Crippen LogP contribution in [0.2, 0.25) is 0 Å². The highest BCUT2D eigenvalue weighted by molar-refractivity contribution is 5.95. The predicted octanol–water partition coefficient (Wildman–Crippen LogP) is 3.89. The number of ether oxygens (including phenoxy) is 1. The van der Waals surface area contributed by atoms with E-state index in [1.54, 1.807) is 0 Å². The number of nitrogens with zero attached hydrogens (tertiary/aromatic N) is 2. The summed E-state index contributed by atoms with van der Waals surface area (Å²) in [6.45, 7) is 8.42. The molecule has 0 spiro atoms. The lowest BCUT2D eigenvalue weighted by Crippen LogP contribution is -2.49. The third-order valence-electron chi connectivity index (χ3n) is 5.33. The molecule has 5 heteroatoms. The van der Waals surface area contributed by atoms with Crippen LogP contribution < -0.4 is 4.74 Å². The normalized spacial score (nSPS) is 15.1. The molecule has 4 rings (SSSR count). The van der Waals surface area contributed by atoms with E-state index in [1.807, 2.05) is 43.0 Å². The maximum absolute atomic E-state index is 12.7. The Morgan fingerprint density at radius 3 is 2.46 bits per heavy atom. The first-order chi connectivity index (χ1) is 13.6. The minimum absolute atomic E-state index is 0.0708. The van der Waals surface area contributed by atoms with Gasteiger partial charge in [-0.15, -0.1) is 0 Å². The topological polar surface area (TPSA) is 45.9 Å². The molecule has 0 unspecified atom stereocenters. The molecule has 1 aliphatic heterocycles. The fourth-order valence-corrected chi connectivity index (χ4v) is 3.74. The highest BCUT2D eigenvalue weighted by Crippen LogP contribution is 2.21. The molecular weight excluding hydrogens is 352 g/mol. The highest BCUT2D eigenvalue weighted by atomic mass is 16.5. The number of carbonyl (C=O) groups excluding carboxylic acids is 1. The van der Waals surface area contributed by atoms with Crippen LogP contribution in [0.25, 0.3) is 10.8 Å². The van der Waals surface area contributed by atoms with Gasteiger partial charge in [0.1, 0.15) is 23.9 Å². The summed E-state index contributed by atoms with van der Waals surface area (Å²) in [4.78, 5) is 16.9.